The van der Waals surface area contributed by atoms with Gasteiger partial charge in [-0.15, -0.1) is 5.73 Å². The fourth-order valence-electron chi connectivity index (χ4n) is 5.05. The van der Waals surface area contributed by atoms with Gasteiger partial charge in [-0.05, 0) is 113 Å². The van der Waals surface area contributed by atoms with E-state index >= 15 is 0 Å². The van der Waals surface area contributed by atoms with Crippen molar-refractivity contribution in [1.29, 1.82) is 0 Å². The third-order valence-electron chi connectivity index (χ3n) is 6.89. The predicted octanol–water partition coefficient (Wildman–Crippen LogP) is 7.18. The molecule has 2 heterocycles. The van der Waals surface area contributed by atoms with Gasteiger partial charge in [0.1, 0.15) is 11.2 Å². The molecule has 6 heteroatoms. The first-order valence-electron chi connectivity index (χ1n) is 13.8. The predicted molar refractivity (Wildman–Crippen MR) is 151 cm³/mol. The molecule has 38 heavy (non-hydrogen) atoms. The highest BCUT2D eigenvalue weighted by Crippen LogP contribution is 2.36. The normalized spacial score (nSPS) is 20.5. The second-order valence-electron chi connectivity index (χ2n) is 12.3. The van der Waals surface area contributed by atoms with Gasteiger partial charge in [0, 0.05) is 26.2 Å². The van der Waals surface area contributed by atoms with Crippen LogP contribution in [0.4, 0.5) is 9.59 Å². The average molecular weight is 519 g/mol. The summed E-state index contributed by atoms with van der Waals surface area (Å²) in [5, 5.41) is 0. The van der Waals surface area contributed by atoms with Crippen LogP contribution in [0.3, 0.4) is 0 Å². The molecule has 0 bridgehead atoms. The molecule has 1 saturated heterocycles. The summed E-state index contributed by atoms with van der Waals surface area (Å²) in [6.07, 6.45) is 16.8. The second kappa shape index (κ2) is 11.2. The van der Waals surface area contributed by atoms with Crippen LogP contribution < -0.4 is 0 Å². The van der Waals surface area contributed by atoms with E-state index in [9.17, 15) is 9.59 Å². The van der Waals surface area contributed by atoms with Crippen LogP contribution in [0.2, 0.25) is 0 Å². The lowest BCUT2D eigenvalue weighted by molar-refractivity contribution is 0.0252. The molecule has 0 spiro atoms. The Kier molecular flexibility index (Phi) is 8.22. The average Bonchev–Trinajstić information content (AvgIpc) is 3.16. The Labute approximate surface area is 227 Å². The number of carbonyl (C=O) groups is 2. The van der Waals surface area contributed by atoms with Gasteiger partial charge in [0.05, 0.1) is 0 Å². The summed E-state index contributed by atoms with van der Waals surface area (Å²) in [5.74, 6) is 0. The molecule has 2 aliphatic heterocycles. The van der Waals surface area contributed by atoms with Crippen molar-refractivity contribution in [2.45, 2.75) is 84.8 Å². The summed E-state index contributed by atoms with van der Waals surface area (Å²) >= 11 is 0. The van der Waals surface area contributed by atoms with E-state index in [-0.39, 0.29) is 12.2 Å². The number of hydrogen-bond donors (Lipinski definition) is 0. The summed E-state index contributed by atoms with van der Waals surface area (Å²) in [5.41, 5.74) is 9.91. The lowest BCUT2D eigenvalue weighted by Gasteiger charge is -2.30. The molecule has 1 fully saturated rings. The Hall–Kier alpha value is -3.24. The molecule has 0 radical (unpaired) electrons. The Balaban J connectivity index is 1.69. The highest BCUT2D eigenvalue weighted by Gasteiger charge is 2.29. The molecule has 0 N–H and O–H groups in total. The molecule has 0 atom stereocenters. The SMILES string of the molecule is CC(C)(C)OC(=O)N1CC=C(C2=C3CCN(C(=O)OC(C)(C)C)CCC3=C=CC3=CC=CCCC3=C2)CC1. The Bertz CT molecular complexity index is 1190. The zero-order chi connectivity index (χ0) is 27.5. The van der Waals surface area contributed by atoms with Gasteiger partial charge < -0.3 is 19.3 Å². The summed E-state index contributed by atoms with van der Waals surface area (Å²) in [7, 11) is 0. The number of allylic oxidation sites excluding steroid dienone is 7. The van der Waals surface area contributed by atoms with Crippen LogP contribution in [0.5, 0.6) is 0 Å². The van der Waals surface area contributed by atoms with E-state index < -0.39 is 11.2 Å². The molecule has 0 aromatic rings. The number of rotatable bonds is 1. The van der Waals surface area contributed by atoms with Crippen molar-refractivity contribution in [3.63, 3.8) is 0 Å². The van der Waals surface area contributed by atoms with E-state index in [1.165, 1.54) is 27.9 Å². The molecule has 0 aromatic heterocycles. The molecule has 0 aromatic carbocycles. The highest BCUT2D eigenvalue weighted by atomic mass is 16.6. The number of carbonyl (C=O) groups excluding carboxylic acids is 2. The first-order chi connectivity index (χ1) is 17.9. The molecule has 6 nitrogen and oxygen atoms in total. The second-order valence-corrected chi connectivity index (χ2v) is 12.3. The Morgan fingerprint density at radius 2 is 1.50 bits per heavy atom. The van der Waals surface area contributed by atoms with E-state index in [0.717, 1.165) is 37.7 Å². The number of ether oxygens (including phenoxy) is 2. The maximum absolute atomic E-state index is 12.9. The van der Waals surface area contributed by atoms with Crippen molar-refractivity contribution in [3.8, 4) is 0 Å². The molecule has 0 unspecified atom stereocenters. The maximum Gasteiger partial charge on any atom is 0.410 e. The van der Waals surface area contributed by atoms with Crippen molar-refractivity contribution in [1.82, 2.24) is 9.80 Å². The highest BCUT2D eigenvalue weighted by molar-refractivity contribution is 5.70. The molecule has 2 aliphatic carbocycles. The van der Waals surface area contributed by atoms with Crippen molar-refractivity contribution in [2.24, 2.45) is 0 Å². The molecule has 4 rings (SSSR count). The van der Waals surface area contributed by atoms with Gasteiger partial charge in [-0.2, -0.15) is 0 Å². The molecule has 204 valence electrons. The topological polar surface area (TPSA) is 59.1 Å². The minimum Gasteiger partial charge on any atom is -0.444 e. The minimum absolute atomic E-state index is 0.264. The zero-order valence-corrected chi connectivity index (χ0v) is 23.9. The largest absolute Gasteiger partial charge is 0.444 e. The van der Waals surface area contributed by atoms with E-state index in [2.05, 4.69) is 42.2 Å². The van der Waals surface area contributed by atoms with Crippen molar-refractivity contribution < 1.29 is 19.1 Å². The number of nitrogens with zero attached hydrogens (tertiary/aromatic N) is 2. The summed E-state index contributed by atoms with van der Waals surface area (Å²) in [4.78, 5) is 29.1. The van der Waals surface area contributed by atoms with Gasteiger partial charge in [0.15, 0.2) is 0 Å². The van der Waals surface area contributed by atoms with Crippen molar-refractivity contribution >= 4 is 12.2 Å². The number of fused-ring (bicyclic) bond motifs is 2. The number of likely N-dealkylation sites (tertiary alicyclic amines) is 1. The third kappa shape index (κ3) is 7.20. The smallest absolute Gasteiger partial charge is 0.410 e. The summed E-state index contributed by atoms with van der Waals surface area (Å²) < 4.78 is 11.3. The maximum atomic E-state index is 12.9. The fraction of sp³-hybridized carbons (Fsp3) is 0.531. The van der Waals surface area contributed by atoms with Crippen LogP contribution in [-0.4, -0.2) is 59.4 Å². The third-order valence-corrected chi connectivity index (χ3v) is 6.89. The van der Waals surface area contributed by atoms with Gasteiger partial charge in [-0.1, -0.05) is 30.4 Å². The molecular weight excluding hydrogens is 476 g/mol. The number of amides is 2. The zero-order valence-electron chi connectivity index (χ0n) is 23.9. The molecule has 4 aliphatic rings. The van der Waals surface area contributed by atoms with Gasteiger partial charge in [-0.3, -0.25) is 0 Å². The van der Waals surface area contributed by atoms with Gasteiger partial charge in [0.2, 0.25) is 0 Å². The Morgan fingerprint density at radius 1 is 0.842 bits per heavy atom. The van der Waals surface area contributed by atoms with Crippen LogP contribution in [0, 0.1) is 0 Å². The van der Waals surface area contributed by atoms with Crippen molar-refractivity contribution in [2.75, 3.05) is 26.2 Å². The quantitative estimate of drug-likeness (QED) is 0.345. The van der Waals surface area contributed by atoms with Crippen LogP contribution in [0.1, 0.15) is 73.6 Å². The lowest BCUT2D eigenvalue weighted by atomic mass is 9.85. The fourth-order valence-corrected chi connectivity index (χ4v) is 5.05. The van der Waals surface area contributed by atoms with Gasteiger partial charge in [-0.25, -0.2) is 9.59 Å². The summed E-state index contributed by atoms with van der Waals surface area (Å²) in [6, 6.07) is 0. The molecule has 2 amide bonds. The first kappa shape index (κ1) is 27.8. The Morgan fingerprint density at radius 3 is 2.16 bits per heavy atom. The van der Waals surface area contributed by atoms with E-state index in [4.69, 9.17) is 9.47 Å². The first-order valence-corrected chi connectivity index (χ1v) is 13.8. The minimum atomic E-state index is -0.528. The van der Waals surface area contributed by atoms with E-state index in [1.54, 1.807) is 4.90 Å². The van der Waals surface area contributed by atoms with Crippen LogP contribution in [0.15, 0.2) is 75.6 Å². The lowest BCUT2D eigenvalue weighted by Crippen LogP contribution is -2.39. The van der Waals surface area contributed by atoms with E-state index in [1.807, 2.05) is 46.4 Å². The number of hydrogen-bond acceptors (Lipinski definition) is 4. The van der Waals surface area contributed by atoms with Crippen molar-refractivity contribution in [3.05, 3.63) is 75.6 Å². The van der Waals surface area contributed by atoms with Gasteiger partial charge in [0.25, 0.3) is 0 Å². The molecular formula is C32H42N2O4. The molecule has 0 saturated carbocycles. The standard InChI is InChI=1S/C32H42N2O4/c1-31(2,3)37-29(35)33-19-15-25(16-20-33)28-22-26-11-9-7-8-10-23(26)12-13-24-14-18-34(21-17-27(24)28)30(36)38-32(4,5)6/h7-8,10,12,15,22H,9,11,14,16-21H2,1-6H3. The van der Waals surface area contributed by atoms with Crippen LogP contribution in [-0.2, 0) is 9.47 Å². The van der Waals surface area contributed by atoms with E-state index in [0.29, 0.717) is 26.2 Å². The summed E-state index contributed by atoms with van der Waals surface area (Å²) in [6.45, 7) is 13.7. The van der Waals surface area contributed by atoms with Gasteiger partial charge >= 0.3 is 12.2 Å². The van der Waals surface area contributed by atoms with Crippen LogP contribution >= 0.6 is 0 Å². The monoisotopic (exact) mass is 518 g/mol. The van der Waals surface area contributed by atoms with Crippen LogP contribution in [0.25, 0.3) is 0 Å².